The Morgan fingerprint density at radius 1 is 1.07 bits per heavy atom. The van der Waals surface area contributed by atoms with E-state index in [1.54, 1.807) is 31.2 Å². The van der Waals surface area contributed by atoms with Crippen molar-refractivity contribution >= 4 is 29.3 Å². The number of hydrogen-bond donors (Lipinski definition) is 1. The van der Waals surface area contributed by atoms with Crippen LogP contribution in [0.15, 0.2) is 59.8 Å². The van der Waals surface area contributed by atoms with Crippen LogP contribution in [0.2, 0.25) is 0 Å². The van der Waals surface area contributed by atoms with Gasteiger partial charge in [0.25, 0.3) is 0 Å². The zero-order chi connectivity index (χ0) is 20.6. The van der Waals surface area contributed by atoms with Gasteiger partial charge in [0.05, 0.1) is 23.6 Å². The van der Waals surface area contributed by atoms with Crippen molar-refractivity contribution < 1.29 is 14.3 Å². The largest absolute Gasteiger partial charge is 0.462 e. The zero-order valence-electron chi connectivity index (χ0n) is 16.3. The van der Waals surface area contributed by atoms with Crippen molar-refractivity contribution in [2.75, 3.05) is 17.7 Å². The maximum atomic E-state index is 12.4. The normalized spacial score (nSPS) is 10.6. The molecule has 0 saturated carbocycles. The van der Waals surface area contributed by atoms with Gasteiger partial charge in [-0.05, 0) is 24.6 Å². The van der Waals surface area contributed by atoms with Crippen molar-refractivity contribution in [3.63, 3.8) is 0 Å². The van der Waals surface area contributed by atoms with Crippen molar-refractivity contribution in [1.29, 1.82) is 0 Å². The maximum absolute atomic E-state index is 12.4. The number of thioether (sulfide) groups is 1. The number of nitrogens with one attached hydrogen (secondary N) is 1. The Hall–Kier alpha value is -3.13. The summed E-state index contributed by atoms with van der Waals surface area (Å²) < 4.78 is 6.92. The van der Waals surface area contributed by atoms with Crippen LogP contribution in [0, 0.1) is 0 Å². The molecule has 3 aromatic rings. The highest BCUT2D eigenvalue weighted by Crippen LogP contribution is 2.20. The molecule has 3 rings (SSSR count). The smallest absolute Gasteiger partial charge is 0.340 e. The van der Waals surface area contributed by atoms with Crippen molar-refractivity contribution in [2.24, 2.45) is 7.05 Å². The Kier molecular flexibility index (Phi) is 7.02. The topological polar surface area (TPSA) is 86.1 Å². The molecule has 1 amide bonds. The predicted octanol–water partition coefficient (Wildman–Crippen LogP) is 3.31. The first-order chi connectivity index (χ1) is 14.1. The molecule has 0 aliphatic heterocycles. The minimum Gasteiger partial charge on any atom is -0.462 e. The van der Waals surface area contributed by atoms with E-state index in [4.69, 9.17) is 4.74 Å². The molecule has 0 atom stereocenters. The van der Waals surface area contributed by atoms with E-state index in [0.29, 0.717) is 22.8 Å². The third kappa shape index (κ3) is 5.45. The van der Waals surface area contributed by atoms with Crippen molar-refractivity contribution in [2.45, 2.75) is 18.5 Å². The van der Waals surface area contributed by atoms with E-state index in [2.05, 4.69) is 15.5 Å². The second kappa shape index (κ2) is 9.88. The second-order valence-corrected chi connectivity index (χ2v) is 7.17. The summed E-state index contributed by atoms with van der Waals surface area (Å²) in [4.78, 5) is 24.4. The highest BCUT2D eigenvalue weighted by Gasteiger charge is 2.15. The summed E-state index contributed by atoms with van der Waals surface area (Å²) in [5, 5.41) is 11.8. The fourth-order valence-electron chi connectivity index (χ4n) is 2.70. The average molecular weight is 410 g/mol. The molecule has 1 N–H and O–H groups in total. The first-order valence-corrected chi connectivity index (χ1v) is 10.2. The number of para-hydroxylation sites is 1. The van der Waals surface area contributed by atoms with E-state index in [0.717, 1.165) is 11.4 Å². The third-order valence-electron chi connectivity index (χ3n) is 4.16. The summed E-state index contributed by atoms with van der Waals surface area (Å²) in [6.07, 6.45) is 0.671. The van der Waals surface area contributed by atoms with Crippen LogP contribution in [-0.2, 0) is 23.0 Å². The number of ether oxygens (including phenoxy) is 1. The van der Waals surface area contributed by atoms with E-state index in [-0.39, 0.29) is 18.3 Å². The van der Waals surface area contributed by atoms with Crippen LogP contribution in [0.3, 0.4) is 0 Å². The summed E-state index contributed by atoms with van der Waals surface area (Å²) in [6, 6.07) is 16.8. The summed E-state index contributed by atoms with van der Waals surface area (Å²) in [7, 11) is 1.88. The lowest BCUT2D eigenvalue weighted by Crippen LogP contribution is -2.17. The number of rotatable bonds is 8. The van der Waals surface area contributed by atoms with Crippen LogP contribution >= 0.6 is 11.8 Å². The zero-order valence-corrected chi connectivity index (χ0v) is 17.1. The van der Waals surface area contributed by atoms with Gasteiger partial charge < -0.3 is 14.6 Å². The highest BCUT2D eigenvalue weighted by molar-refractivity contribution is 7.99. The average Bonchev–Trinajstić information content (AvgIpc) is 3.07. The highest BCUT2D eigenvalue weighted by atomic mass is 32.2. The summed E-state index contributed by atoms with van der Waals surface area (Å²) in [5.74, 6) is 0.273. The quantitative estimate of drug-likeness (QED) is 0.453. The molecular formula is C21H22N4O3S. The number of aromatic nitrogens is 3. The number of carbonyl (C=O) groups excluding carboxylic acids is 2. The molecule has 0 bridgehead atoms. The number of hydrogen-bond acceptors (Lipinski definition) is 6. The van der Waals surface area contributed by atoms with Crippen LogP contribution in [0.5, 0.6) is 0 Å². The van der Waals surface area contributed by atoms with Gasteiger partial charge in [0.15, 0.2) is 5.16 Å². The van der Waals surface area contributed by atoms with E-state index in [1.807, 2.05) is 41.9 Å². The number of carbonyl (C=O) groups is 2. The van der Waals surface area contributed by atoms with Crippen molar-refractivity contribution in [1.82, 2.24) is 14.8 Å². The van der Waals surface area contributed by atoms with Crippen LogP contribution in [0.1, 0.15) is 28.7 Å². The molecule has 8 heteroatoms. The predicted molar refractivity (Wildman–Crippen MR) is 112 cm³/mol. The molecule has 29 heavy (non-hydrogen) atoms. The number of benzene rings is 2. The van der Waals surface area contributed by atoms with Crippen LogP contribution < -0.4 is 5.32 Å². The lowest BCUT2D eigenvalue weighted by atomic mass is 10.1. The van der Waals surface area contributed by atoms with Gasteiger partial charge in [-0.1, -0.05) is 54.2 Å². The Bertz CT molecular complexity index is 989. The third-order valence-corrected chi connectivity index (χ3v) is 5.18. The van der Waals surface area contributed by atoms with E-state index in [9.17, 15) is 9.59 Å². The SMILES string of the molecule is CCOC(=O)c1ccccc1NC(=O)CSc1nnc(Cc2ccccc2)n1C. The van der Waals surface area contributed by atoms with Crippen molar-refractivity contribution in [3.05, 3.63) is 71.5 Å². The van der Waals surface area contributed by atoms with E-state index >= 15 is 0 Å². The number of amides is 1. The summed E-state index contributed by atoms with van der Waals surface area (Å²) >= 11 is 1.29. The molecule has 7 nitrogen and oxygen atoms in total. The Morgan fingerprint density at radius 3 is 2.55 bits per heavy atom. The van der Waals surface area contributed by atoms with Crippen LogP contribution in [0.4, 0.5) is 5.69 Å². The van der Waals surface area contributed by atoms with Crippen LogP contribution in [0.25, 0.3) is 0 Å². The summed E-state index contributed by atoms with van der Waals surface area (Å²) in [6.45, 7) is 2.01. The lowest BCUT2D eigenvalue weighted by molar-refractivity contribution is -0.113. The molecule has 0 saturated heterocycles. The maximum Gasteiger partial charge on any atom is 0.340 e. The molecular weight excluding hydrogens is 388 g/mol. The molecule has 0 aliphatic rings. The molecule has 0 fully saturated rings. The molecule has 0 spiro atoms. The Balaban J connectivity index is 1.60. The Morgan fingerprint density at radius 2 is 1.79 bits per heavy atom. The van der Waals surface area contributed by atoms with Gasteiger partial charge >= 0.3 is 5.97 Å². The van der Waals surface area contributed by atoms with Crippen LogP contribution in [-0.4, -0.2) is 39.0 Å². The van der Waals surface area contributed by atoms with Gasteiger partial charge in [0.1, 0.15) is 5.82 Å². The molecule has 0 radical (unpaired) electrons. The molecule has 0 aliphatic carbocycles. The standard InChI is InChI=1S/C21H22N4O3S/c1-3-28-20(27)16-11-7-8-12-17(16)22-19(26)14-29-21-24-23-18(25(21)2)13-15-9-5-4-6-10-15/h4-12H,3,13-14H2,1-2H3,(H,22,26). The fourth-order valence-corrected chi connectivity index (χ4v) is 3.43. The van der Waals surface area contributed by atoms with Gasteiger partial charge in [0, 0.05) is 13.5 Å². The first-order valence-electron chi connectivity index (χ1n) is 9.19. The van der Waals surface area contributed by atoms with Gasteiger partial charge in [-0.25, -0.2) is 4.79 Å². The van der Waals surface area contributed by atoms with E-state index < -0.39 is 5.97 Å². The summed E-state index contributed by atoms with van der Waals surface area (Å²) in [5.41, 5.74) is 1.91. The number of nitrogens with zero attached hydrogens (tertiary/aromatic N) is 3. The second-order valence-electron chi connectivity index (χ2n) is 6.22. The minimum atomic E-state index is -0.463. The molecule has 1 aromatic heterocycles. The molecule has 150 valence electrons. The molecule has 1 heterocycles. The van der Waals surface area contributed by atoms with Gasteiger partial charge in [-0.3, -0.25) is 4.79 Å². The van der Waals surface area contributed by atoms with Gasteiger partial charge in [-0.15, -0.1) is 10.2 Å². The first kappa shape index (κ1) is 20.6. The van der Waals surface area contributed by atoms with Gasteiger partial charge in [-0.2, -0.15) is 0 Å². The molecule has 2 aromatic carbocycles. The number of anilines is 1. The fraction of sp³-hybridized carbons (Fsp3) is 0.238. The number of esters is 1. The Labute approximate surface area is 173 Å². The lowest BCUT2D eigenvalue weighted by Gasteiger charge is -2.10. The van der Waals surface area contributed by atoms with Crippen molar-refractivity contribution in [3.8, 4) is 0 Å². The molecule has 0 unspecified atom stereocenters. The minimum absolute atomic E-state index is 0.147. The monoisotopic (exact) mass is 410 g/mol. The van der Waals surface area contributed by atoms with Gasteiger partial charge in [0.2, 0.25) is 5.91 Å². The van der Waals surface area contributed by atoms with E-state index in [1.165, 1.54) is 11.8 Å².